The summed E-state index contributed by atoms with van der Waals surface area (Å²) in [6.07, 6.45) is 0. The van der Waals surface area contributed by atoms with E-state index < -0.39 is 0 Å². The number of likely N-dealkylation sites (tertiary alicyclic amines) is 2. The summed E-state index contributed by atoms with van der Waals surface area (Å²) in [5, 5.41) is 0. The second-order valence-electron chi connectivity index (χ2n) is 3.60. The van der Waals surface area contributed by atoms with Gasteiger partial charge in [-0.25, -0.2) is 0 Å². The van der Waals surface area contributed by atoms with Crippen LogP contribution in [0.4, 0.5) is 0 Å². The number of hydrogen-bond donors (Lipinski definition) is 1. The van der Waals surface area contributed by atoms with Gasteiger partial charge in [-0.2, -0.15) is 0 Å². The zero-order valence-electron chi connectivity index (χ0n) is 7.36. The molecule has 0 aromatic heterocycles. The van der Waals surface area contributed by atoms with Crippen molar-refractivity contribution in [2.24, 2.45) is 5.73 Å². The van der Waals surface area contributed by atoms with E-state index in [0.29, 0.717) is 6.04 Å². The molecule has 2 saturated heterocycles. The van der Waals surface area contributed by atoms with Crippen LogP contribution in [0.2, 0.25) is 0 Å². The molecule has 2 fully saturated rings. The van der Waals surface area contributed by atoms with Gasteiger partial charge in [0.15, 0.2) is 0 Å². The molecule has 4 heteroatoms. The Labute approximate surface area is 72.3 Å². The smallest absolute Gasteiger partial charge is 0.241 e. The molecule has 1 unspecified atom stereocenters. The van der Waals surface area contributed by atoms with Crippen molar-refractivity contribution in [1.82, 2.24) is 9.80 Å². The molecule has 0 aliphatic carbocycles. The van der Waals surface area contributed by atoms with Crippen molar-refractivity contribution in [3.05, 3.63) is 0 Å². The van der Waals surface area contributed by atoms with Gasteiger partial charge in [0, 0.05) is 19.6 Å². The SMILES string of the molecule is CCN1CC(N2CC(N)C2=O)C1. The Bertz CT molecular complexity index is 200. The summed E-state index contributed by atoms with van der Waals surface area (Å²) in [6.45, 7) is 6.06. The quantitative estimate of drug-likeness (QED) is 0.532. The maximum absolute atomic E-state index is 11.2. The van der Waals surface area contributed by atoms with Crippen LogP contribution in [0.1, 0.15) is 6.92 Å². The Morgan fingerprint density at radius 3 is 2.58 bits per heavy atom. The second-order valence-corrected chi connectivity index (χ2v) is 3.60. The standard InChI is InChI=1S/C8H15N3O/c1-2-10-3-6(4-10)11-5-7(9)8(11)12/h6-7H,2-5,9H2,1H3. The fraction of sp³-hybridized carbons (Fsp3) is 0.875. The zero-order chi connectivity index (χ0) is 8.72. The lowest BCUT2D eigenvalue weighted by Gasteiger charge is -2.50. The van der Waals surface area contributed by atoms with Crippen LogP contribution in [0.3, 0.4) is 0 Å². The first kappa shape index (κ1) is 8.01. The van der Waals surface area contributed by atoms with Crippen LogP contribution in [0.5, 0.6) is 0 Å². The van der Waals surface area contributed by atoms with Crippen LogP contribution in [0.25, 0.3) is 0 Å². The minimum absolute atomic E-state index is 0.135. The van der Waals surface area contributed by atoms with Crippen LogP contribution in [0, 0.1) is 0 Å². The number of likely N-dealkylation sites (N-methyl/N-ethyl adjacent to an activating group) is 1. The van der Waals surface area contributed by atoms with Gasteiger partial charge in [-0.15, -0.1) is 0 Å². The van der Waals surface area contributed by atoms with Gasteiger partial charge in [-0.1, -0.05) is 6.92 Å². The summed E-state index contributed by atoms with van der Waals surface area (Å²) in [4.78, 5) is 15.4. The lowest BCUT2D eigenvalue weighted by molar-refractivity contribution is -0.150. The first-order valence-electron chi connectivity index (χ1n) is 4.50. The molecular weight excluding hydrogens is 154 g/mol. The molecule has 0 spiro atoms. The highest BCUT2D eigenvalue weighted by molar-refractivity contribution is 5.88. The minimum atomic E-state index is -0.208. The molecule has 2 aliphatic heterocycles. The number of hydrogen-bond acceptors (Lipinski definition) is 3. The third-order valence-electron chi connectivity index (χ3n) is 2.82. The average molecular weight is 169 g/mol. The van der Waals surface area contributed by atoms with Crippen molar-refractivity contribution in [2.75, 3.05) is 26.2 Å². The molecule has 2 heterocycles. The first-order valence-corrected chi connectivity index (χ1v) is 4.50. The van der Waals surface area contributed by atoms with E-state index in [-0.39, 0.29) is 11.9 Å². The van der Waals surface area contributed by atoms with E-state index in [1.54, 1.807) is 0 Å². The monoisotopic (exact) mass is 169 g/mol. The zero-order valence-corrected chi connectivity index (χ0v) is 7.36. The van der Waals surface area contributed by atoms with Crippen molar-refractivity contribution in [3.63, 3.8) is 0 Å². The van der Waals surface area contributed by atoms with E-state index in [1.807, 2.05) is 4.90 Å². The maximum Gasteiger partial charge on any atom is 0.241 e. The van der Waals surface area contributed by atoms with Gasteiger partial charge < -0.3 is 10.6 Å². The second kappa shape index (κ2) is 2.71. The molecule has 1 amide bonds. The van der Waals surface area contributed by atoms with E-state index in [1.165, 1.54) is 0 Å². The van der Waals surface area contributed by atoms with Gasteiger partial charge in [-0.05, 0) is 6.54 Å². The molecule has 12 heavy (non-hydrogen) atoms. The van der Waals surface area contributed by atoms with E-state index in [2.05, 4.69) is 11.8 Å². The number of amides is 1. The van der Waals surface area contributed by atoms with Crippen LogP contribution in [-0.2, 0) is 4.79 Å². The highest BCUT2D eigenvalue weighted by atomic mass is 16.2. The lowest BCUT2D eigenvalue weighted by Crippen LogP contribution is -2.71. The molecule has 0 aromatic carbocycles. The Morgan fingerprint density at radius 2 is 2.17 bits per heavy atom. The Balaban J connectivity index is 1.79. The summed E-state index contributed by atoms with van der Waals surface area (Å²) >= 11 is 0. The third kappa shape index (κ3) is 1.03. The molecular formula is C8H15N3O. The number of β-lactam (4-membered cyclic amide) rings is 1. The molecule has 4 nitrogen and oxygen atoms in total. The summed E-state index contributed by atoms with van der Waals surface area (Å²) < 4.78 is 0. The van der Waals surface area contributed by atoms with Crippen LogP contribution < -0.4 is 5.73 Å². The molecule has 2 N–H and O–H groups in total. The third-order valence-corrected chi connectivity index (χ3v) is 2.82. The van der Waals surface area contributed by atoms with Crippen LogP contribution in [-0.4, -0.2) is 54.0 Å². The highest BCUT2D eigenvalue weighted by Gasteiger charge is 2.42. The molecule has 2 rings (SSSR count). The topological polar surface area (TPSA) is 49.6 Å². The van der Waals surface area contributed by atoms with E-state index in [9.17, 15) is 4.79 Å². The molecule has 1 atom stereocenters. The van der Waals surface area contributed by atoms with E-state index in [4.69, 9.17) is 5.73 Å². The van der Waals surface area contributed by atoms with Gasteiger partial charge in [0.2, 0.25) is 5.91 Å². The molecule has 0 bridgehead atoms. The van der Waals surface area contributed by atoms with Crippen molar-refractivity contribution >= 4 is 5.91 Å². The predicted octanol–water partition coefficient (Wildman–Crippen LogP) is -1.14. The van der Waals surface area contributed by atoms with Crippen molar-refractivity contribution in [1.29, 1.82) is 0 Å². The molecule has 0 radical (unpaired) electrons. The summed E-state index contributed by atoms with van der Waals surface area (Å²) in [7, 11) is 0. The number of nitrogens with zero attached hydrogens (tertiary/aromatic N) is 2. The largest absolute Gasteiger partial charge is 0.334 e. The highest BCUT2D eigenvalue weighted by Crippen LogP contribution is 2.20. The number of rotatable bonds is 2. The van der Waals surface area contributed by atoms with E-state index in [0.717, 1.165) is 26.2 Å². The maximum atomic E-state index is 11.2. The minimum Gasteiger partial charge on any atom is -0.334 e. The lowest BCUT2D eigenvalue weighted by atomic mass is 10.00. The van der Waals surface area contributed by atoms with Crippen LogP contribution in [0.15, 0.2) is 0 Å². The summed E-state index contributed by atoms with van der Waals surface area (Å²) in [6, 6.07) is 0.248. The Kier molecular flexibility index (Phi) is 1.81. The van der Waals surface area contributed by atoms with Crippen molar-refractivity contribution < 1.29 is 4.79 Å². The van der Waals surface area contributed by atoms with Gasteiger partial charge in [0.1, 0.15) is 6.04 Å². The fourth-order valence-corrected chi connectivity index (χ4v) is 1.81. The van der Waals surface area contributed by atoms with Crippen molar-refractivity contribution in [3.8, 4) is 0 Å². The van der Waals surface area contributed by atoms with Crippen LogP contribution >= 0.6 is 0 Å². The predicted molar refractivity (Wildman–Crippen MR) is 45.6 cm³/mol. The average Bonchev–Trinajstić information content (AvgIpc) is 2.01. The first-order chi connectivity index (χ1) is 5.72. The Hall–Kier alpha value is -0.610. The van der Waals surface area contributed by atoms with Gasteiger partial charge in [-0.3, -0.25) is 9.69 Å². The van der Waals surface area contributed by atoms with Gasteiger partial charge >= 0.3 is 0 Å². The summed E-state index contributed by atoms with van der Waals surface area (Å²) in [5.41, 5.74) is 5.49. The fourth-order valence-electron chi connectivity index (χ4n) is 1.81. The molecule has 2 aliphatic rings. The van der Waals surface area contributed by atoms with Gasteiger partial charge in [0.25, 0.3) is 0 Å². The van der Waals surface area contributed by atoms with E-state index >= 15 is 0 Å². The molecule has 0 aromatic rings. The normalized spacial score (nSPS) is 31.7. The number of carbonyl (C=O) groups is 1. The molecule has 68 valence electrons. The summed E-state index contributed by atoms with van der Waals surface area (Å²) in [5.74, 6) is 0.135. The van der Waals surface area contributed by atoms with Gasteiger partial charge in [0.05, 0.1) is 6.04 Å². The molecule has 0 saturated carbocycles. The van der Waals surface area contributed by atoms with Crippen molar-refractivity contribution in [2.45, 2.75) is 19.0 Å². The number of nitrogens with two attached hydrogens (primary N) is 1. The Morgan fingerprint density at radius 1 is 1.50 bits per heavy atom. The number of carbonyl (C=O) groups excluding carboxylic acids is 1.